The van der Waals surface area contributed by atoms with Crippen molar-refractivity contribution in [2.75, 3.05) is 32.7 Å². The third-order valence-corrected chi connectivity index (χ3v) is 4.67. The van der Waals surface area contributed by atoms with Gasteiger partial charge >= 0.3 is 0 Å². The van der Waals surface area contributed by atoms with Crippen molar-refractivity contribution >= 4 is 5.69 Å². The van der Waals surface area contributed by atoms with Gasteiger partial charge in [-0.15, -0.1) is 0 Å². The van der Waals surface area contributed by atoms with Crippen molar-refractivity contribution in [2.24, 2.45) is 0 Å². The van der Waals surface area contributed by atoms with Gasteiger partial charge in [0.15, 0.2) is 0 Å². The number of hydrogen-bond donors (Lipinski definition) is 1. The maximum Gasteiger partial charge on any atom is 0.0976 e. The lowest BCUT2D eigenvalue weighted by Gasteiger charge is -2.20. The van der Waals surface area contributed by atoms with Crippen LogP contribution in [-0.4, -0.2) is 33.5 Å². The summed E-state index contributed by atoms with van der Waals surface area (Å²) in [6.07, 6.45) is 7.69. The maximum absolute atomic E-state index is 5.46. The van der Waals surface area contributed by atoms with Crippen molar-refractivity contribution in [1.82, 2.24) is 0 Å². The first-order valence-electron chi connectivity index (χ1n) is 7.75. The van der Waals surface area contributed by atoms with Crippen molar-refractivity contribution in [2.45, 2.75) is 44.6 Å². The highest BCUT2D eigenvalue weighted by Gasteiger charge is 2.24. The number of hydrogen-bond acceptors (Lipinski definition) is 3. The van der Waals surface area contributed by atoms with E-state index in [-0.39, 0.29) is 6.10 Å². The summed E-state index contributed by atoms with van der Waals surface area (Å²) in [5.41, 5.74) is 7.71. The van der Waals surface area contributed by atoms with Crippen LogP contribution in [0.4, 0.5) is 5.69 Å². The number of rotatable bonds is 6. The molecule has 2 aliphatic rings. The predicted octanol–water partition coefficient (Wildman–Crippen LogP) is 2.74. The lowest BCUT2D eigenvalue weighted by Crippen LogP contribution is -2.27. The van der Waals surface area contributed by atoms with E-state index in [2.05, 4.69) is 11.4 Å². The van der Waals surface area contributed by atoms with Crippen LogP contribution in [0.5, 0.6) is 0 Å². The van der Waals surface area contributed by atoms with E-state index in [1.54, 1.807) is 36.5 Å². The highest BCUT2D eigenvalue weighted by atomic mass is 16.5. The largest absolute Gasteiger partial charge is 0.382 e. The van der Waals surface area contributed by atoms with Crippen LogP contribution in [0.15, 0.2) is 6.07 Å². The molecule has 2 aliphatic carbocycles. The zero-order valence-electron chi connectivity index (χ0n) is 12.6. The van der Waals surface area contributed by atoms with Crippen LogP contribution in [0.25, 0.3) is 0 Å². The maximum atomic E-state index is 5.46. The average molecular weight is 275 g/mol. The summed E-state index contributed by atoms with van der Waals surface area (Å²) in [4.78, 5) is 0. The molecule has 0 bridgehead atoms. The minimum Gasteiger partial charge on any atom is -0.382 e. The van der Waals surface area contributed by atoms with Crippen molar-refractivity contribution in [1.29, 1.82) is 0 Å². The Kier molecular flexibility index (Phi) is 4.27. The van der Waals surface area contributed by atoms with E-state index in [4.69, 9.17) is 9.47 Å². The van der Waals surface area contributed by atoms with Crippen LogP contribution < -0.4 is 5.32 Å². The number of fused-ring (bicyclic) bond motifs is 2. The van der Waals surface area contributed by atoms with Crippen LogP contribution in [-0.2, 0) is 35.2 Å². The average Bonchev–Trinajstić information content (AvgIpc) is 3.10. The van der Waals surface area contributed by atoms with Crippen LogP contribution >= 0.6 is 0 Å². The first kappa shape index (κ1) is 13.9. The summed E-state index contributed by atoms with van der Waals surface area (Å²) < 4.78 is 10.7. The number of nitrogens with one attached hydrogen (secondary N) is 1. The van der Waals surface area contributed by atoms with E-state index < -0.39 is 0 Å². The molecular formula is C17H25NO2. The molecule has 0 saturated heterocycles. The fourth-order valence-electron chi connectivity index (χ4n) is 3.64. The van der Waals surface area contributed by atoms with Gasteiger partial charge in [-0.2, -0.15) is 0 Å². The van der Waals surface area contributed by atoms with Gasteiger partial charge in [-0.25, -0.2) is 0 Å². The third kappa shape index (κ3) is 2.57. The molecule has 1 atom stereocenters. The number of benzene rings is 1. The van der Waals surface area contributed by atoms with Gasteiger partial charge < -0.3 is 14.8 Å². The number of ether oxygens (including phenoxy) is 2. The SMILES string of the molecule is COC[C@@H](CNc1c2c(cc3c1CCC3)CCC2)OC. The molecule has 0 fully saturated rings. The van der Waals surface area contributed by atoms with Gasteiger partial charge in [0, 0.05) is 26.5 Å². The minimum atomic E-state index is 0.120. The quantitative estimate of drug-likeness (QED) is 0.866. The van der Waals surface area contributed by atoms with E-state index in [1.807, 2.05) is 0 Å². The Labute approximate surface area is 121 Å². The second-order valence-electron chi connectivity index (χ2n) is 5.93. The van der Waals surface area contributed by atoms with Crippen LogP contribution in [0.1, 0.15) is 35.1 Å². The van der Waals surface area contributed by atoms with Crippen molar-refractivity contribution < 1.29 is 9.47 Å². The lowest BCUT2D eigenvalue weighted by atomic mass is 9.98. The standard InChI is InChI=1S/C17H25NO2/c1-19-11-14(20-2)10-18-17-15-7-3-5-12(15)9-13-6-4-8-16(13)17/h9,14,18H,3-8,10-11H2,1-2H3/t14-/m1/s1. The Morgan fingerprint density at radius 3 is 2.25 bits per heavy atom. The van der Waals surface area contributed by atoms with E-state index in [0.29, 0.717) is 6.61 Å². The Morgan fingerprint density at radius 1 is 1.05 bits per heavy atom. The number of aryl methyl sites for hydroxylation is 2. The summed E-state index contributed by atoms with van der Waals surface area (Å²) in [6, 6.07) is 2.47. The summed E-state index contributed by atoms with van der Waals surface area (Å²) in [6.45, 7) is 1.47. The van der Waals surface area contributed by atoms with Gasteiger partial charge in [-0.05, 0) is 60.8 Å². The molecule has 1 N–H and O–H groups in total. The van der Waals surface area contributed by atoms with Gasteiger partial charge in [0.05, 0.1) is 12.7 Å². The smallest absolute Gasteiger partial charge is 0.0976 e. The zero-order valence-corrected chi connectivity index (χ0v) is 12.6. The molecule has 110 valence electrons. The molecule has 3 heteroatoms. The van der Waals surface area contributed by atoms with E-state index in [1.165, 1.54) is 44.2 Å². The molecule has 0 aliphatic heterocycles. The second-order valence-corrected chi connectivity index (χ2v) is 5.93. The Morgan fingerprint density at radius 2 is 1.70 bits per heavy atom. The normalized spacial score (nSPS) is 17.9. The molecule has 0 heterocycles. The Balaban J connectivity index is 1.82. The molecule has 0 radical (unpaired) electrons. The first-order valence-corrected chi connectivity index (χ1v) is 7.75. The summed E-state index contributed by atoms with van der Waals surface area (Å²) in [5, 5.41) is 3.68. The van der Waals surface area contributed by atoms with Gasteiger partial charge in [-0.3, -0.25) is 0 Å². The third-order valence-electron chi connectivity index (χ3n) is 4.67. The minimum absolute atomic E-state index is 0.120. The van der Waals surface area contributed by atoms with Gasteiger partial charge in [0.1, 0.15) is 0 Å². The topological polar surface area (TPSA) is 30.5 Å². The van der Waals surface area contributed by atoms with Crippen molar-refractivity contribution in [3.05, 3.63) is 28.3 Å². The van der Waals surface area contributed by atoms with Gasteiger partial charge in [0.2, 0.25) is 0 Å². The Hall–Kier alpha value is -1.06. The predicted molar refractivity (Wildman–Crippen MR) is 81.7 cm³/mol. The summed E-state index contributed by atoms with van der Waals surface area (Å²) in [5.74, 6) is 0. The van der Waals surface area contributed by atoms with Crippen LogP contribution in [0.3, 0.4) is 0 Å². The molecule has 0 unspecified atom stereocenters. The summed E-state index contributed by atoms with van der Waals surface area (Å²) >= 11 is 0. The second kappa shape index (κ2) is 6.15. The molecule has 3 rings (SSSR count). The molecule has 3 nitrogen and oxygen atoms in total. The molecule has 0 saturated carbocycles. The van der Waals surface area contributed by atoms with E-state index >= 15 is 0 Å². The fraction of sp³-hybridized carbons (Fsp3) is 0.647. The number of methoxy groups -OCH3 is 2. The van der Waals surface area contributed by atoms with Crippen LogP contribution in [0.2, 0.25) is 0 Å². The van der Waals surface area contributed by atoms with Crippen molar-refractivity contribution in [3.63, 3.8) is 0 Å². The molecule has 20 heavy (non-hydrogen) atoms. The van der Waals surface area contributed by atoms with Gasteiger partial charge in [-0.1, -0.05) is 6.07 Å². The van der Waals surface area contributed by atoms with Crippen molar-refractivity contribution in [3.8, 4) is 0 Å². The van der Waals surface area contributed by atoms with E-state index in [9.17, 15) is 0 Å². The highest BCUT2D eigenvalue weighted by Crippen LogP contribution is 2.38. The fourth-order valence-corrected chi connectivity index (χ4v) is 3.64. The Bertz CT molecular complexity index is 452. The van der Waals surface area contributed by atoms with Crippen LogP contribution in [0, 0.1) is 0 Å². The number of anilines is 1. The first-order chi connectivity index (χ1) is 9.83. The molecular weight excluding hydrogens is 250 g/mol. The molecule has 0 spiro atoms. The molecule has 0 amide bonds. The van der Waals surface area contributed by atoms with Gasteiger partial charge in [0.25, 0.3) is 0 Å². The molecule has 1 aromatic carbocycles. The monoisotopic (exact) mass is 275 g/mol. The summed E-state index contributed by atoms with van der Waals surface area (Å²) in [7, 11) is 3.48. The highest BCUT2D eigenvalue weighted by molar-refractivity contribution is 5.66. The zero-order chi connectivity index (χ0) is 13.9. The lowest BCUT2D eigenvalue weighted by molar-refractivity contribution is 0.0365. The van der Waals surface area contributed by atoms with E-state index in [0.717, 1.165) is 6.54 Å². The molecule has 1 aromatic rings. The molecule has 0 aromatic heterocycles.